The summed E-state index contributed by atoms with van der Waals surface area (Å²) in [6, 6.07) is 51.2. The fourth-order valence-electron chi connectivity index (χ4n) is 7.22. The second-order valence-electron chi connectivity index (χ2n) is 12.8. The number of fused-ring (bicyclic) bond motifs is 9. The van der Waals surface area contributed by atoms with Crippen molar-refractivity contribution >= 4 is 65.8 Å². The van der Waals surface area contributed by atoms with E-state index >= 15 is 0 Å². The SMILES string of the molecule is c1ccc(-c2nc(-c3ccc4c(c3)oc3ccccc34)nc(-c3ccc4c(c3)oc3cc(-c5ccc6oc7ccccc7c6c5)ccc34)n2)cc1. The average molecular weight is 656 g/mol. The molecule has 0 unspecified atom stereocenters. The Balaban J connectivity index is 1.02. The highest BCUT2D eigenvalue weighted by Gasteiger charge is 2.17. The van der Waals surface area contributed by atoms with Crippen LogP contribution >= 0.6 is 0 Å². The molecule has 0 fully saturated rings. The molecule has 0 N–H and O–H groups in total. The van der Waals surface area contributed by atoms with Crippen molar-refractivity contribution in [1.29, 1.82) is 0 Å². The molecule has 0 radical (unpaired) electrons. The number of benzene rings is 7. The fraction of sp³-hybridized carbons (Fsp3) is 0. The maximum Gasteiger partial charge on any atom is 0.164 e. The molecule has 0 amide bonds. The van der Waals surface area contributed by atoms with Crippen molar-refractivity contribution in [3.63, 3.8) is 0 Å². The van der Waals surface area contributed by atoms with Crippen molar-refractivity contribution in [2.24, 2.45) is 0 Å². The van der Waals surface area contributed by atoms with Gasteiger partial charge in [0.2, 0.25) is 0 Å². The quantitative estimate of drug-likeness (QED) is 0.188. The van der Waals surface area contributed by atoms with Crippen molar-refractivity contribution < 1.29 is 13.3 Å². The molecule has 0 aliphatic rings. The lowest BCUT2D eigenvalue weighted by Gasteiger charge is -2.08. The summed E-state index contributed by atoms with van der Waals surface area (Å²) < 4.78 is 18.8. The van der Waals surface area contributed by atoms with Crippen LogP contribution in [0.1, 0.15) is 0 Å². The van der Waals surface area contributed by atoms with E-state index in [1.807, 2.05) is 91.0 Å². The second kappa shape index (κ2) is 10.7. The molecule has 0 bridgehead atoms. The summed E-state index contributed by atoms with van der Waals surface area (Å²) >= 11 is 0. The van der Waals surface area contributed by atoms with Crippen LogP contribution in [-0.4, -0.2) is 15.0 Å². The minimum absolute atomic E-state index is 0.562. The first-order chi connectivity index (χ1) is 25.2. The molecule has 4 heterocycles. The van der Waals surface area contributed by atoms with Gasteiger partial charge in [0.1, 0.15) is 33.5 Å². The van der Waals surface area contributed by atoms with Gasteiger partial charge in [0.15, 0.2) is 17.5 Å². The highest BCUT2D eigenvalue weighted by Crippen LogP contribution is 2.37. The molecule has 51 heavy (non-hydrogen) atoms. The molecule has 11 aromatic rings. The number of furan rings is 3. The molecule has 4 aromatic heterocycles. The number of hydrogen-bond acceptors (Lipinski definition) is 6. The van der Waals surface area contributed by atoms with Gasteiger partial charge in [-0.1, -0.05) is 91.0 Å². The number of aromatic nitrogens is 3. The van der Waals surface area contributed by atoms with Gasteiger partial charge < -0.3 is 13.3 Å². The molecule has 0 spiro atoms. The third-order valence-electron chi connectivity index (χ3n) is 9.75. The van der Waals surface area contributed by atoms with Crippen LogP contribution in [0.25, 0.3) is 111 Å². The third-order valence-corrected chi connectivity index (χ3v) is 9.75. The van der Waals surface area contributed by atoms with Crippen molar-refractivity contribution in [3.8, 4) is 45.3 Å². The minimum atomic E-state index is 0.562. The molecular formula is C45H25N3O3. The van der Waals surface area contributed by atoms with E-state index in [2.05, 4.69) is 60.7 Å². The largest absolute Gasteiger partial charge is 0.456 e. The average Bonchev–Trinajstić information content (AvgIpc) is 3.88. The Kier molecular flexibility index (Phi) is 5.86. The third kappa shape index (κ3) is 4.47. The number of hydrogen-bond donors (Lipinski definition) is 0. The lowest BCUT2D eigenvalue weighted by atomic mass is 10.0. The van der Waals surface area contributed by atoms with Crippen LogP contribution in [0.2, 0.25) is 0 Å². The molecule has 0 aliphatic heterocycles. The Hall–Kier alpha value is -7.05. The zero-order chi connectivity index (χ0) is 33.5. The predicted octanol–water partition coefficient (Wildman–Crippen LogP) is 12.2. The van der Waals surface area contributed by atoms with E-state index in [-0.39, 0.29) is 0 Å². The summed E-state index contributed by atoms with van der Waals surface area (Å²) in [5.41, 5.74) is 9.76. The normalized spacial score (nSPS) is 11.9. The summed E-state index contributed by atoms with van der Waals surface area (Å²) in [4.78, 5) is 14.9. The second-order valence-corrected chi connectivity index (χ2v) is 12.8. The van der Waals surface area contributed by atoms with Crippen molar-refractivity contribution in [2.75, 3.05) is 0 Å². The standard InChI is InChI=1S/C45H25N3O3/c1-2-8-26(9-3-1)43-46-44(29-15-19-33-31-10-4-6-12-37(31)50-41(33)24-29)48-45(47-43)30-16-20-35-34-18-14-28(23-40(34)51-42(35)25-30)27-17-21-39-36(22-27)32-11-5-7-13-38(32)49-39/h1-25H. The molecule has 6 nitrogen and oxygen atoms in total. The Morgan fingerprint density at radius 1 is 0.255 bits per heavy atom. The lowest BCUT2D eigenvalue weighted by molar-refractivity contribution is 0.668. The summed E-state index contributed by atoms with van der Waals surface area (Å²) in [7, 11) is 0. The number of nitrogens with zero attached hydrogens (tertiary/aromatic N) is 3. The highest BCUT2D eigenvalue weighted by atomic mass is 16.3. The van der Waals surface area contributed by atoms with Crippen LogP contribution in [-0.2, 0) is 0 Å². The van der Waals surface area contributed by atoms with E-state index in [9.17, 15) is 0 Å². The Morgan fingerprint density at radius 3 is 1.27 bits per heavy atom. The lowest BCUT2D eigenvalue weighted by Crippen LogP contribution is -2.00. The number of rotatable bonds is 4. The van der Waals surface area contributed by atoms with Gasteiger partial charge in [-0.15, -0.1) is 0 Å². The van der Waals surface area contributed by atoms with Gasteiger partial charge >= 0.3 is 0 Å². The molecule has 0 aliphatic carbocycles. The van der Waals surface area contributed by atoms with Gasteiger partial charge in [-0.3, -0.25) is 0 Å². The van der Waals surface area contributed by atoms with Crippen LogP contribution < -0.4 is 0 Å². The first kappa shape index (κ1) is 27.9. The molecule has 238 valence electrons. The summed E-state index contributed by atoms with van der Waals surface area (Å²) in [5.74, 6) is 1.72. The summed E-state index contributed by atoms with van der Waals surface area (Å²) in [6.45, 7) is 0. The summed E-state index contributed by atoms with van der Waals surface area (Å²) in [6.07, 6.45) is 0. The van der Waals surface area contributed by atoms with Gasteiger partial charge in [0.25, 0.3) is 0 Å². The summed E-state index contributed by atoms with van der Waals surface area (Å²) in [5, 5.41) is 6.43. The van der Waals surface area contributed by atoms with Crippen LogP contribution in [0.4, 0.5) is 0 Å². The van der Waals surface area contributed by atoms with Crippen molar-refractivity contribution in [1.82, 2.24) is 15.0 Å². The van der Waals surface area contributed by atoms with Crippen molar-refractivity contribution in [2.45, 2.75) is 0 Å². The van der Waals surface area contributed by atoms with Gasteiger partial charge in [0, 0.05) is 49.0 Å². The van der Waals surface area contributed by atoms with E-state index in [0.29, 0.717) is 17.5 Å². The van der Waals surface area contributed by atoms with Gasteiger partial charge in [-0.25, -0.2) is 15.0 Å². The molecule has 11 rings (SSSR count). The highest BCUT2D eigenvalue weighted by molar-refractivity contribution is 6.09. The van der Waals surface area contributed by atoms with Crippen LogP contribution in [0.3, 0.4) is 0 Å². The van der Waals surface area contributed by atoms with Gasteiger partial charge in [-0.05, 0) is 71.8 Å². The van der Waals surface area contributed by atoms with E-state index in [1.54, 1.807) is 0 Å². The van der Waals surface area contributed by atoms with Crippen LogP contribution in [0.15, 0.2) is 165 Å². The zero-order valence-corrected chi connectivity index (χ0v) is 27.0. The van der Waals surface area contributed by atoms with E-state index in [1.165, 1.54) is 0 Å². The molecule has 0 saturated carbocycles. The molecule has 7 aromatic carbocycles. The van der Waals surface area contributed by atoms with Gasteiger partial charge in [-0.2, -0.15) is 0 Å². The molecule has 0 atom stereocenters. The first-order valence-corrected chi connectivity index (χ1v) is 16.8. The fourth-order valence-corrected chi connectivity index (χ4v) is 7.22. The van der Waals surface area contributed by atoms with Crippen molar-refractivity contribution in [3.05, 3.63) is 152 Å². The predicted molar refractivity (Wildman–Crippen MR) is 203 cm³/mol. The molecule has 0 saturated heterocycles. The first-order valence-electron chi connectivity index (χ1n) is 16.8. The smallest absolute Gasteiger partial charge is 0.164 e. The van der Waals surface area contributed by atoms with E-state index in [0.717, 1.165) is 93.6 Å². The molecule has 6 heteroatoms. The Morgan fingerprint density at radius 2 is 0.647 bits per heavy atom. The molecular weight excluding hydrogens is 631 g/mol. The maximum absolute atomic E-state index is 6.52. The topological polar surface area (TPSA) is 78.1 Å². The Bertz CT molecular complexity index is 3150. The van der Waals surface area contributed by atoms with E-state index < -0.39 is 0 Å². The number of para-hydroxylation sites is 2. The minimum Gasteiger partial charge on any atom is -0.456 e. The zero-order valence-electron chi connectivity index (χ0n) is 27.0. The van der Waals surface area contributed by atoms with Crippen LogP contribution in [0.5, 0.6) is 0 Å². The monoisotopic (exact) mass is 655 g/mol. The maximum atomic E-state index is 6.52. The Labute approximate surface area is 290 Å². The van der Waals surface area contributed by atoms with Gasteiger partial charge in [0.05, 0.1) is 0 Å². The van der Waals surface area contributed by atoms with Crippen LogP contribution in [0, 0.1) is 0 Å². The van der Waals surface area contributed by atoms with E-state index in [4.69, 9.17) is 28.2 Å².